The molecule has 1 aliphatic rings. The average Bonchev–Trinajstić information content (AvgIpc) is 2.31. The van der Waals surface area contributed by atoms with Crippen molar-refractivity contribution >= 4 is 5.95 Å². The number of nitrogens with zero attached hydrogens (tertiary/aromatic N) is 2. The molecule has 0 aliphatic heterocycles. The lowest BCUT2D eigenvalue weighted by molar-refractivity contribution is 0.740. The summed E-state index contributed by atoms with van der Waals surface area (Å²) in [5.41, 5.74) is 10.4. The first kappa shape index (κ1) is 9.33. The summed E-state index contributed by atoms with van der Waals surface area (Å²) in [5.74, 6) is 0.874. The highest BCUT2D eigenvalue weighted by Gasteiger charge is 2.22. The fourth-order valence-corrected chi connectivity index (χ4v) is 2.39. The molecule has 2 aromatic rings. The van der Waals surface area contributed by atoms with E-state index in [4.69, 9.17) is 5.73 Å². The number of benzene rings is 1. The van der Waals surface area contributed by atoms with Crippen LogP contribution in [-0.2, 0) is 6.42 Å². The molecule has 3 rings (SSSR count). The maximum atomic E-state index is 5.65. The van der Waals surface area contributed by atoms with Gasteiger partial charge in [-0.1, -0.05) is 31.2 Å². The molecule has 0 spiro atoms. The lowest BCUT2D eigenvalue weighted by atomic mass is 9.83. The Balaban J connectivity index is 2.29. The molecule has 0 radical (unpaired) electrons. The third-order valence-electron chi connectivity index (χ3n) is 3.16. The summed E-state index contributed by atoms with van der Waals surface area (Å²) in [4.78, 5) is 8.42. The van der Waals surface area contributed by atoms with Crippen molar-refractivity contribution in [1.29, 1.82) is 0 Å². The van der Waals surface area contributed by atoms with E-state index in [9.17, 15) is 0 Å². The van der Waals surface area contributed by atoms with E-state index in [0.717, 1.165) is 12.1 Å². The summed E-state index contributed by atoms with van der Waals surface area (Å²) in [6.45, 7) is 2.23. The molecule has 0 saturated heterocycles. The summed E-state index contributed by atoms with van der Waals surface area (Å²) < 4.78 is 0. The highest BCUT2D eigenvalue weighted by molar-refractivity contribution is 5.70. The van der Waals surface area contributed by atoms with Gasteiger partial charge in [-0.2, -0.15) is 0 Å². The van der Waals surface area contributed by atoms with E-state index in [-0.39, 0.29) is 0 Å². The number of rotatable bonds is 0. The molecular formula is C13H13N3. The predicted octanol–water partition coefficient (Wildman–Crippen LogP) is 2.39. The zero-order valence-corrected chi connectivity index (χ0v) is 9.14. The van der Waals surface area contributed by atoms with Gasteiger partial charge in [0.15, 0.2) is 0 Å². The number of aromatic nitrogens is 2. The normalized spacial score (nSPS) is 17.7. The molecule has 16 heavy (non-hydrogen) atoms. The van der Waals surface area contributed by atoms with Crippen molar-refractivity contribution in [3.8, 4) is 11.3 Å². The Morgan fingerprint density at radius 2 is 2.12 bits per heavy atom. The van der Waals surface area contributed by atoms with Gasteiger partial charge in [-0.15, -0.1) is 0 Å². The minimum atomic E-state index is 0.350. The molecule has 3 heteroatoms. The Morgan fingerprint density at radius 1 is 1.31 bits per heavy atom. The van der Waals surface area contributed by atoms with E-state index in [0.29, 0.717) is 11.9 Å². The number of fused-ring (bicyclic) bond motifs is 3. The van der Waals surface area contributed by atoms with Gasteiger partial charge in [0.25, 0.3) is 0 Å². The molecule has 0 fully saturated rings. The second-order valence-corrected chi connectivity index (χ2v) is 4.29. The number of hydrogen-bond donors (Lipinski definition) is 1. The molecule has 1 aromatic heterocycles. The Kier molecular flexibility index (Phi) is 1.93. The van der Waals surface area contributed by atoms with Crippen molar-refractivity contribution < 1.29 is 0 Å². The largest absolute Gasteiger partial charge is 0.368 e. The fraction of sp³-hybridized carbons (Fsp3) is 0.231. The minimum absolute atomic E-state index is 0.350. The maximum Gasteiger partial charge on any atom is 0.220 e. The molecule has 80 valence electrons. The number of nitrogens with two attached hydrogens (primary N) is 1. The van der Waals surface area contributed by atoms with Gasteiger partial charge in [-0.25, -0.2) is 9.97 Å². The van der Waals surface area contributed by atoms with Crippen LogP contribution in [0.2, 0.25) is 0 Å². The second kappa shape index (κ2) is 3.30. The van der Waals surface area contributed by atoms with E-state index in [2.05, 4.69) is 35.1 Å². The van der Waals surface area contributed by atoms with Crippen LogP contribution in [0, 0.1) is 0 Å². The molecule has 0 saturated carbocycles. The van der Waals surface area contributed by atoms with Gasteiger partial charge in [-0.05, 0) is 23.5 Å². The van der Waals surface area contributed by atoms with Crippen molar-refractivity contribution in [3.05, 3.63) is 41.6 Å². The molecule has 0 bridgehead atoms. The average molecular weight is 211 g/mol. The van der Waals surface area contributed by atoms with Crippen LogP contribution < -0.4 is 5.73 Å². The highest BCUT2D eigenvalue weighted by atomic mass is 15.0. The van der Waals surface area contributed by atoms with E-state index in [1.165, 1.54) is 16.7 Å². The first-order valence-corrected chi connectivity index (χ1v) is 5.46. The Morgan fingerprint density at radius 3 is 3.00 bits per heavy atom. The van der Waals surface area contributed by atoms with Gasteiger partial charge in [0.1, 0.15) is 0 Å². The minimum Gasteiger partial charge on any atom is -0.368 e. The van der Waals surface area contributed by atoms with Gasteiger partial charge in [0.2, 0.25) is 5.95 Å². The van der Waals surface area contributed by atoms with Crippen LogP contribution in [-0.4, -0.2) is 9.97 Å². The van der Waals surface area contributed by atoms with Crippen LogP contribution in [0.1, 0.15) is 24.0 Å². The fourth-order valence-electron chi connectivity index (χ4n) is 2.39. The van der Waals surface area contributed by atoms with Crippen LogP contribution in [0.25, 0.3) is 11.3 Å². The van der Waals surface area contributed by atoms with Crippen LogP contribution in [0.3, 0.4) is 0 Å². The van der Waals surface area contributed by atoms with Gasteiger partial charge < -0.3 is 5.73 Å². The first-order chi connectivity index (χ1) is 7.75. The molecule has 1 unspecified atom stereocenters. The van der Waals surface area contributed by atoms with E-state index in [1.807, 2.05) is 12.3 Å². The van der Waals surface area contributed by atoms with Crippen molar-refractivity contribution in [2.75, 3.05) is 5.73 Å². The molecule has 1 aromatic carbocycles. The molecule has 1 atom stereocenters. The van der Waals surface area contributed by atoms with Crippen molar-refractivity contribution in [3.63, 3.8) is 0 Å². The van der Waals surface area contributed by atoms with Gasteiger partial charge in [0.05, 0.1) is 5.69 Å². The molecule has 2 N–H and O–H groups in total. The van der Waals surface area contributed by atoms with Crippen LogP contribution >= 0.6 is 0 Å². The maximum absolute atomic E-state index is 5.65. The van der Waals surface area contributed by atoms with E-state index in [1.54, 1.807) is 0 Å². The van der Waals surface area contributed by atoms with Gasteiger partial charge >= 0.3 is 0 Å². The summed E-state index contributed by atoms with van der Waals surface area (Å²) >= 11 is 0. The van der Waals surface area contributed by atoms with E-state index < -0.39 is 0 Å². The second-order valence-electron chi connectivity index (χ2n) is 4.29. The quantitative estimate of drug-likeness (QED) is 0.728. The SMILES string of the molecule is CC1Cc2cnc(N)nc2-c2ccccc21. The van der Waals surface area contributed by atoms with Crippen LogP contribution in [0.5, 0.6) is 0 Å². The van der Waals surface area contributed by atoms with Crippen LogP contribution in [0.4, 0.5) is 5.95 Å². The Bertz CT molecular complexity index is 549. The predicted molar refractivity (Wildman–Crippen MR) is 64.0 cm³/mol. The summed E-state index contributed by atoms with van der Waals surface area (Å²) in [6, 6.07) is 8.39. The Labute approximate surface area is 94.4 Å². The molecule has 0 amide bonds. The molecule has 3 nitrogen and oxygen atoms in total. The third kappa shape index (κ3) is 1.28. The zero-order chi connectivity index (χ0) is 11.1. The summed E-state index contributed by atoms with van der Waals surface area (Å²) in [7, 11) is 0. The first-order valence-electron chi connectivity index (χ1n) is 5.46. The van der Waals surface area contributed by atoms with Crippen LogP contribution in [0.15, 0.2) is 30.5 Å². The van der Waals surface area contributed by atoms with Crippen molar-refractivity contribution in [1.82, 2.24) is 9.97 Å². The third-order valence-corrected chi connectivity index (χ3v) is 3.16. The zero-order valence-electron chi connectivity index (χ0n) is 9.14. The number of anilines is 1. The van der Waals surface area contributed by atoms with Gasteiger partial charge in [0, 0.05) is 11.8 Å². The topological polar surface area (TPSA) is 51.8 Å². The van der Waals surface area contributed by atoms with E-state index >= 15 is 0 Å². The monoisotopic (exact) mass is 211 g/mol. The number of nitrogen functional groups attached to an aromatic ring is 1. The standard InChI is InChI=1S/C13H13N3/c1-8-6-9-7-15-13(14)16-12(9)11-5-3-2-4-10(8)11/h2-5,7-8H,6H2,1H3,(H2,14,15,16). The van der Waals surface area contributed by atoms with Gasteiger partial charge in [-0.3, -0.25) is 0 Å². The summed E-state index contributed by atoms with van der Waals surface area (Å²) in [6.07, 6.45) is 2.84. The van der Waals surface area contributed by atoms with Crippen molar-refractivity contribution in [2.45, 2.75) is 19.3 Å². The lowest BCUT2D eigenvalue weighted by Gasteiger charge is -2.23. The molecule has 1 aliphatic carbocycles. The molecule has 1 heterocycles. The molecular weight excluding hydrogens is 198 g/mol. The lowest BCUT2D eigenvalue weighted by Crippen LogP contribution is -2.11. The number of hydrogen-bond acceptors (Lipinski definition) is 3. The van der Waals surface area contributed by atoms with Crippen molar-refractivity contribution in [2.24, 2.45) is 0 Å². The highest BCUT2D eigenvalue weighted by Crippen LogP contribution is 2.37. The summed E-state index contributed by atoms with van der Waals surface area (Å²) in [5, 5.41) is 0. The Hall–Kier alpha value is -1.90. The smallest absolute Gasteiger partial charge is 0.220 e.